The average Bonchev–Trinajstić information content (AvgIpc) is 3.25. The van der Waals surface area contributed by atoms with E-state index in [9.17, 15) is 4.79 Å². The number of carbonyl (C=O) groups excluding carboxylic acids is 1. The van der Waals surface area contributed by atoms with Gasteiger partial charge in [0.15, 0.2) is 5.65 Å². The van der Waals surface area contributed by atoms with E-state index < -0.39 is 0 Å². The van der Waals surface area contributed by atoms with E-state index in [1.807, 2.05) is 11.0 Å². The Balaban J connectivity index is 1.47. The Labute approximate surface area is 131 Å². The quantitative estimate of drug-likeness (QED) is 0.786. The van der Waals surface area contributed by atoms with Crippen molar-refractivity contribution in [3.8, 4) is 0 Å². The number of nitrogens with one attached hydrogen (secondary N) is 1. The van der Waals surface area contributed by atoms with Crippen LogP contribution in [0.2, 0.25) is 0 Å². The van der Waals surface area contributed by atoms with Crippen molar-refractivity contribution in [3.05, 3.63) is 41.5 Å². The van der Waals surface area contributed by atoms with E-state index in [-0.39, 0.29) is 5.91 Å². The first-order valence-corrected chi connectivity index (χ1v) is 8.06. The van der Waals surface area contributed by atoms with Gasteiger partial charge in [-0.2, -0.15) is 5.10 Å². The lowest BCUT2D eigenvalue weighted by Crippen LogP contribution is -2.48. The Bertz CT molecular complexity index is 789. The molecule has 4 heterocycles. The van der Waals surface area contributed by atoms with Crippen molar-refractivity contribution in [2.24, 2.45) is 0 Å². The lowest BCUT2D eigenvalue weighted by atomic mass is 10.2. The molecule has 6 nitrogen and oxygen atoms in total. The zero-order chi connectivity index (χ0) is 14.9. The summed E-state index contributed by atoms with van der Waals surface area (Å²) in [4.78, 5) is 21.1. The number of fused-ring (bicyclic) bond motifs is 1. The molecule has 4 rings (SSSR count). The number of amides is 1. The minimum atomic E-state index is 0.0430. The van der Waals surface area contributed by atoms with Crippen LogP contribution in [0.15, 0.2) is 36.0 Å². The van der Waals surface area contributed by atoms with Gasteiger partial charge in [-0.1, -0.05) is 0 Å². The highest BCUT2D eigenvalue weighted by molar-refractivity contribution is 7.14. The van der Waals surface area contributed by atoms with Gasteiger partial charge in [-0.3, -0.25) is 9.89 Å². The van der Waals surface area contributed by atoms with Crippen molar-refractivity contribution in [1.82, 2.24) is 20.1 Å². The third-order valence-corrected chi connectivity index (χ3v) is 4.85. The SMILES string of the molecule is O=C(c1cnc2[nH]ncc2c1)N1CCN(c2cccs2)CC1. The van der Waals surface area contributed by atoms with Gasteiger partial charge >= 0.3 is 0 Å². The third kappa shape index (κ3) is 2.33. The molecule has 7 heteroatoms. The third-order valence-electron chi connectivity index (χ3n) is 3.92. The van der Waals surface area contributed by atoms with Gasteiger partial charge in [0.05, 0.1) is 16.8 Å². The largest absolute Gasteiger partial charge is 0.360 e. The summed E-state index contributed by atoms with van der Waals surface area (Å²) in [6.07, 6.45) is 3.31. The molecule has 1 saturated heterocycles. The Morgan fingerprint density at radius 3 is 2.86 bits per heavy atom. The monoisotopic (exact) mass is 313 g/mol. The van der Waals surface area contributed by atoms with Crippen LogP contribution in [0.5, 0.6) is 0 Å². The zero-order valence-corrected chi connectivity index (χ0v) is 12.7. The number of rotatable bonds is 2. The summed E-state index contributed by atoms with van der Waals surface area (Å²) >= 11 is 1.74. The summed E-state index contributed by atoms with van der Waals surface area (Å²) < 4.78 is 0. The van der Waals surface area contributed by atoms with E-state index in [2.05, 4.69) is 37.6 Å². The number of aromatic nitrogens is 3. The molecule has 0 atom stereocenters. The van der Waals surface area contributed by atoms with Crippen LogP contribution in [0, 0.1) is 0 Å². The summed E-state index contributed by atoms with van der Waals surface area (Å²) in [5, 5.41) is 10.9. The van der Waals surface area contributed by atoms with Crippen molar-refractivity contribution in [2.75, 3.05) is 31.1 Å². The van der Waals surface area contributed by atoms with Gasteiger partial charge < -0.3 is 9.80 Å². The normalized spacial score (nSPS) is 15.5. The maximum atomic E-state index is 12.6. The van der Waals surface area contributed by atoms with Crippen molar-refractivity contribution < 1.29 is 4.79 Å². The molecule has 1 amide bonds. The highest BCUT2D eigenvalue weighted by Gasteiger charge is 2.23. The van der Waals surface area contributed by atoms with E-state index in [0.29, 0.717) is 11.2 Å². The van der Waals surface area contributed by atoms with Crippen LogP contribution in [0.25, 0.3) is 11.0 Å². The molecule has 0 bridgehead atoms. The van der Waals surface area contributed by atoms with Gasteiger partial charge in [0, 0.05) is 37.8 Å². The standard InChI is InChI=1S/C15H15N5OS/c21-15(12-8-11-10-17-18-14(11)16-9-12)20-5-3-19(4-6-20)13-2-1-7-22-13/h1-2,7-10H,3-6H2,(H,16,17,18). The molecule has 3 aromatic heterocycles. The van der Waals surface area contributed by atoms with E-state index in [4.69, 9.17) is 0 Å². The maximum Gasteiger partial charge on any atom is 0.255 e. The van der Waals surface area contributed by atoms with Gasteiger partial charge in [0.2, 0.25) is 0 Å². The lowest BCUT2D eigenvalue weighted by molar-refractivity contribution is 0.0747. The molecule has 1 N–H and O–H groups in total. The molecule has 1 fully saturated rings. The van der Waals surface area contributed by atoms with Crippen LogP contribution >= 0.6 is 11.3 Å². The predicted octanol–water partition coefficient (Wildman–Crippen LogP) is 1.98. The number of carbonyl (C=O) groups is 1. The fourth-order valence-electron chi connectivity index (χ4n) is 2.72. The number of H-pyrrole nitrogens is 1. The van der Waals surface area contributed by atoms with Crippen LogP contribution < -0.4 is 4.90 Å². The van der Waals surface area contributed by atoms with Crippen molar-refractivity contribution >= 4 is 33.3 Å². The highest BCUT2D eigenvalue weighted by Crippen LogP contribution is 2.23. The number of hydrogen-bond donors (Lipinski definition) is 1. The topological polar surface area (TPSA) is 65.1 Å². The first-order chi connectivity index (χ1) is 10.8. The van der Waals surface area contributed by atoms with Crippen LogP contribution in [0.4, 0.5) is 5.00 Å². The molecule has 0 aromatic carbocycles. The number of hydrogen-bond acceptors (Lipinski definition) is 5. The molecule has 112 valence electrons. The molecular formula is C15H15N5OS. The van der Waals surface area contributed by atoms with E-state index >= 15 is 0 Å². The summed E-state index contributed by atoms with van der Waals surface area (Å²) in [5.41, 5.74) is 1.33. The Kier molecular flexibility index (Phi) is 3.27. The number of anilines is 1. The summed E-state index contributed by atoms with van der Waals surface area (Å²) in [5.74, 6) is 0.0430. The molecular weight excluding hydrogens is 298 g/mol. The fraction of sp³-hybridized carbons (Fsp3) is 0.267. The summed E-state index contributed by atoms with van der Waals surface area (Å²) in [6.45, 7) is 3.21. The van der Waals surface area contributed by atoms with E-state index in [1.165, 1.54) is 5.00 Å². The Morgan fingerprint density at radius 1 is 1.23 bits per heavy atom. The van der Waals surface area contributed by atoms with Gasteiger partial charge in [-0.25, -0.2) is 4.98 Å². The second kappa shape index (κ2) is 5.42. The lowest BCUT2D eigenvalue weighted by Gasteiger charge is -2.35. The van der Waals surface area contributed by atoms with Crippen LogP contribution in [-0.4, -0.2) is 52.2 Å². The van der Waals surface area contributed by atoms with Gasteiger partial charge in [-0.15, -0.1) is 11.3 Å². The minimum Gasteiger partial charge on any atom is -0.360 e. The average molecular weight is 313 g/mol. The molecule has 1 aliphatic rings. The highest BCUT2D eigenvalue weighted by atomic mass is 32.1. The molecule has 22 heavy (non-hydrogen) atoms. The first-order valence-electron chi connectivity index (χ1n) is 7.18. The number of nitrogens with zero attached hydrogens (tertiary/aromatic N) is 4. The zero-order valence-electron chi connectivity index (χ0n) is 11.9. The molecule has 0 aliphatic carbocycles. The minimum absolute atomic E-state index is 0.0430. The van der Waals surface area contributed by atoms with E-state index in [1.54, 1.807) is 23.7 Å². The molecule has 3 aromatic rings. The number of piperazine rings is 1. The molecule has 1 aliphatic heterocycles. The predicted molar refractivity (Wildman–Crippen MR) is 86.3 cm³/mol. The van der Waals surface area contributed by atoms with Crippen LogP contribution in [-0.2, 0) is 0 Å². The van der Waals surface area contributed by atoms with Gasteiger partial charge in [-0.05, 0) is 23.6 Å². The van der Waals surface area contributed by atoms with Crippen molar-refractivity contribution in [3.63, 3.8) is 0 Å². The van der Waals surface area contributed by atoms with E-state index in [0.717, 1.165) is 31.6 Å². The Hall–Kier alpha value is -2.41. The van der Waals surface area contributed by atoms with Crippen molar-refractivity contribution in [1.29, 1.82) is 0 Å². The molecule has 0 saturated carbocycles. The molecule has 0 radical (unpaired) electrons. The second-order valence-electron chi connectivity index (χ2n) is 5.26. The molecule has 0 unspecified atom stereocenters. The number of thiophene rings is 1. The maximum absolute atomic E-state index is 12.6. The van der Waals surface area contributed by atoms with Gasteiger partial charge in [0.1, 0.15) is 0 Å². The fourth-order valence-corrected chi connectivity index (χ4v) is 3.50. The van der Waals surface area contributed by atoms with Gasteiger partial charge in [0.25, 0.3) is 5.91 Å². The number of pyridine rings is 1. The van der Waals surface area contributed by atoms with Crippen molar-refractivity contribution in [2.45, 2.75) is 0 Å². The molecule has 0 spiro atoms. The number of aromatic amines is 1. The smallest absolute Gasteiger partial charge is 0.255 e. The second-order valence-corrected chi connectivity index (χ2v) is 6.19. The van der Waals surface area contributed by atoms with Crippen LogP contribution in [0.3, 0.4) is 0 Å². The Morgan fingerprint density at radius 2 is 2.09 bits per heavy atom. The first kappa shape index (κ1) is 13.3. The summed E-state index contributed by atoms with van der Waals surface area (Å²) in [6, 6.07) is 6.03. The summed E-state index contributed by atoms with van der Waals surface area (Å²) in [7, 11) is 0. The van der Waals surface area contributed by atoms with Crippen LogP contribution in [0.1, 0.15) is 10.4 Å².